The van der Waals surface area contributed by atoms with E-state index in [-0.39, 0.29) is 30.9 Å². The number of carbonyl (C=O) groups is 5. The van der Waals surface area contributed by atoms with Crippen LogP contribution >= 0.6 is 11.8 Å². The second kappa shape index (κ2) is 20.5. The van der Waals surface area contributed by atoms with E-state index in [2.05, 4.69) is 26.3 Å². The van der Waals surface area contributed by atoms with Crippen molar-refractivity contribution < 1.29 is 29.1 Å². The maximum Gasteiger partial charge on any atom is 0.246 e. The number of hydrogen-bond acceptors (Lipinski definition) is 8. The highest BCUT2D eigenvalue weighted by molar-refractivity contribution is 8.00. The van der Waals surface area contributed by atoms with Crippen LogP contribution in [0.1, 0.15) is 68.2 Å². The van der Waals surface area contributed by atoms with Gasteiger partial charge in [-0.15, -0.1) is 11.8 Å². The fraction of sp³-hybridized carbons (Fsp3) is 0.333. The number of hydrogen-bond donors (Lipinski definition) is 5. The molecule has 1 aliphatic rings. The first-order chi connectivity index (χ1) is 27.6. The Kier molecular flexibility index (Phi) is 15.3. The summed E-state index contributed by atoms with van der Waals surface area (Å²) in [6, 6.07) is 30.9. The number of nitrogens with one attached hydrogen (secondary N) is 4. The fourth-order valence-electron chi connectivity index (χ4n) is 6.56. The van der Waals surface area contributed by atoms with Crippen LogP contribution in [0.3, 0.4) is 0 Å². The topological polar surface area (TPSA) is 167 Å². The number of amides is 4. The molecular weight excluding hydrogens is 739 g/mol. The molecule has 5 N–H and O–H groups in total. The van der Waals surface area contributed by atoms with Gasteiger partial charge in [-0.05, 0) is 60.6 Å². The largest absolute Gasteiger partial charge is 0.389 e. The van der Waals surface area contributed by atoms with Crippen LogP contribution in [-0.2, 0) is 35.1 Å². The quantitative estimate of drug-likeness (QED) is 0.0595. The lowest BCUT2D eigenvalue weighted by atomic mass is 9.84. The number of aliphatic hydroxyl groups is 1. The van der Waals surface area contributed by atoms with Crippen LogP contribution in [-0.4, -0.2) is 75.5 Å². The summed E-state index contributed by atoms with van der Waals surface area (Å²) in [5.41, 5.74) is 2.36. The molecule has 0 aliphatic heterocycles. The van der Waals surface area contributed by atoms with Gasteiger partial charge < -0.3 is 26.4 Å². The van der Waals surface area contributed by atoms with Crippen LogP contribution in [0.5, 0.6) is 0 Å². The summed E-state index contributed by atoms with van der Waals surface area (Å²) in [6.07, 6.45) is 7.73. The second-order valence-corrected chi connectivity index (χ2v) is 15.5. The van der Waals surface area contributed by atoms with Gasteiger partial charge in [0.05, 0.1) is 23.8 Å². The molecule has 0 saturated heterocycles. The zero-order chi connectivity index (χ0) is 40.7. The van der Waals surface area contributed by atoms with Crippen LogP contribution in [0.2, 0.25) is 0 Å². The van der Waals surface area contributed by atoms with E-state index in [0.717, 1.165) is 35.1 Å². The van der Waals surface area contributed by atoms with Crippen LogP contribution in [0.15, 0.2) is 128 Å². The zero-order valence-corrected chi connectivity index (χ0v) is 33.2. The Morgan fingerprint density at radius 3 is 1.88 bits per heavy atom. The van der Waals surface area contributed by atoms with Gasteiger partial charge in [0.1, 0.15) is 23.4 Å². The average Bonchev–Trinajstić information content (AvgIpc) is 4.01. The molecule has 3 atom stereocenters. The van der Waals surface area contributed by atoms with E-state index < -0.39 is 52.1 Å². The summed E-state index contributed by atoms with van der Waals surface area (Å²) in [5.74, 6) is -2.38. The molecular formula is C45H51N5O6S. The molecule has 11 nitrogen and oxygen atoms in total. The fourth-order valence-corrected chi connectivity index (χ4v) is 8.12. The molecule has 1 heterocycles. The normalized spacial score (nSPS) is 14.8. The number of rotatable bonds is 21. The van der Waals surface area contributed by atoms with Gasteiger partial charge in [-0.3, -0.25) is 29.0 Å². The van der Waals surface area contributed by atoms with E-state index in [0.29, 0.717) is 12.8 Å². The van der Waals surface area contributed by atoms with Gasteiger partial charge in [0.15, 0.2) is 0 Å². The predicted molar refractivity (Wildman–Crippen MR) is 222 cm³/mol. The third kappa shape index (κ3) is 11.7. The van der Waals surface area contributed by atoms with Gasteiger partial charge in [-0.25, -0.2) is 0 Å². The molecule has 5 rings (SSSR count). The highest BCUT2D eigenvalue weighted by Crippen LogP contribution is 2.48. The van der Waals surface area contributed by atoms with Crippen molar-refractivity contribution >= 4 is 41.2 Å². The Labute approximate surface area is 338 Å². The van der Waals surface area contributed by atoms with Crippen molar-refractivity contribution in [3.63, 3.8) is 0 Å². The zero-order valence-electron chi connectivity index (χ0n) is 32.4. The summed E-state index contributed by atoms with van der Waals surface area (Å²) in [6.45, 7) is 3.21. The molecule has 57 heavy (non-hydrogen) atoms. The van der Waals surface area contributed by atoms with Gasteiger partial charge in [0.25, 0.3) is 0 Å². The SMILES string of the molecule is CCC/C=C/[C@@H](O)CC(=O)N[C@H](Cc1ccncc1)C(=O)N[C@H](CSC(c1ccccc1)(c1ccccc1)c1ccccc1)C(=O)NC1(C(=O)NCC(C)=O)CC1. The number of carbonyl (C=O) groups excluding carboxylic acids is 5. The molecule has 4 amide bonds. The summed E-state index contributed by atoms with van der Waals surface area (Å²) < 4.78 is -0.838. The minimum absolute atomic E-state index is 0.0538. The number of pyridine rings is 1. The number of nitrogens with zero attached hydrogens (tertiary/aromatic N) is 1. The van der Waals surface area contributed by atoms with Gasteiger partial charge in [0, 0.05) is 24.6 Å². The number of thioether (sulfide) groups is 1. The van der Waals surface area contributed by atoms with E-state index in [1.54, 1.807) is 30.6 Å². The first kappa shape index (κ1) is 42.6. The Morgan fingerprint density at radius 1 is 0.807 bits per heavy atom. The predicted octanol–water partition coefficient (Wildman–Crippen LogP) is 4.78. The second-order valence-electron chi connectivity index (χ2n) is 14.3. The van der Waals surface area contributed by atoms with Crippen molar-refractivity contribution in [2.75, 3.05) is 12.3 Å². The highest BCUT2D eigenvalue weighted by atomic mass is 32.2. The van der Waals surface area contributed by atoms with E-state index in [4.69, 9.17) is 0 Å². The number of benzene rings is 3. The molecule has 0 unspecified atom stereocenters. The lowest BCUT2D eigenvalue weighted by molar-refractivity contribution is -0.134. The first-order valence-electron chi connectivity index (χ1n) is 19.3. The van der Waals surface area contributed by atoms with E-state index >= 15 is 0 Å². The van der Waals surface area contributed by atoms with Crippen molar-refractivity contribution in [1.82, 2.24) is 26.3 Å². The van der Waals surface area contributed by atoms with Gasteiger partial charge in [0.2, 0.25) is 23.6 Å². The van der Waals surface area contributed by atoms with Gasteiger partial charge in [-0.1, -0.05) is 116 Å². The van der Waals surface area contributed by atoms with E-state index in [9.17, 15) is 29.1 Å². The van der Waals surface area contributed by atoms with E-state index in [1.807, 2.05) is 104 Å². The molecule has 4 aromatic rings. The molecule has 298 valence electrons. The molecule has 1 saturated carbocycles. The summed E-state index contributed by atoms with van der Waals surface area (Å²) in [7, 11) is 0. The number of aromatic nitrogens is 1. The Bertz CT molecular complexity index is 1880. The van der Waals surface area contributed by atoms with Gasteiger partial charge >= 0.3 is 0 Å². The third-order valence-corrected chi connectivity index (χ3v) is 11.4. The average molecular weight is 790 g/mol. The van der Waals surface area contributed by atoms with Crippen molar-refractivity contribution in [2.24, 2.45) is 0 Å². The van der Waals surface area contributed by atoms with Crippen molar-refractivity contribution in [3.8, 4) is 0 Å². The van der Waals surface area contributed by atoms with Crippen molar-refractivity contribution in [1.29, 1.82) is 0 Å². The molecule has 3 aromatic carbocycles. The number of unbranched alkanes of at least 4 members (excludes halogenated alkanes) is 1. The van der Waals surface area contributed by atoms with Crippen molar-refractivity contribution in [3.05, 3.63) is 150 Å². The molecule has 0 spiro atoms. The summed E-state index contributed by atoms with van der Waals surface area (Å²) in [4.78, 5) is 71.1. The Morgan fingerprint density at radius 2 is 1.37 bits per heavy atom. The van der Waals surface area contributed by atoms with Crippen LogP contribution in [0.25, 0.3) is 0 Å². The standard InChI is InChI=1S/C45H51N5O6S/c1-3-4-8-21-37(52)29-40(53)48-38(28-33-22-26-46-27-23-33)41(54)49-39(42(55)50-44(24-25-44)43(56)47-30-32(2)51)31-57-45(34-15-9-5-10-16-34,35-17-11-6-12-18-35)36-19-13-7-14-20-36/h5-23,26-27,37-39,52H,3-4,24-25,28-31H2,1-2H3,(H,47,56)(H,48,53)(H,49,54)(H,50,55)/b21-8+/t37-,38-,39-/m1/s1. The lowest BCUT2D eigenvalue weighted by Gasteiger charge is -2.37. The van der Waals surface area contributed by atoms with Crippen molar-refractivity contribution in [2.45, 2.75) is 80.8 Å². The number of allylic oxidation sites excluding steroid dienone is 1. The smallest absolute Gasteiger partial charge is 0.246 e. The third-order valence-electron chi connectivity index (χ3n) is 9.73. The maximum atomic E-state index is 14.5. The molecule has 12 heteroatoms. The number of ketones is 1. The lowest BCUT2D eigenvalue weighted by Crippen LogP contribution is -2.59. The van der Waals surface area contributed by atoms with Gasteiger partial charge in [-0.2, -0.15) is 0 Å². The number of aliphatic hydroxyl groups excluding tert-OH is 1. The Balaban J connectivity index is 1.49. The molecule has 1 aliphatic carbocycles. The minimum atomic E-state index is -1.22. The molecule has 1 fully saturated rings. The van der Waals surface area contributed by atoms with Crippen LogP contribution < -0.4 is 21.3 Å². The summed E-state index contributed by atoms with van der Waals surface area (Å²) in [5, 5.41) is 21.7. The van der Waals surface area contributed by atoms with Crippen LogP contribution in [0.4, 0.5) is 0 Å². The number of Topliss-reactive ketones (excluding diaryl/α,β-unsaturated/α-hetero) is 1. The molecule has 0 radical (unpaired) electrons. The first-order valence-corrected chi connectivity index (χ1v) is 20.3. The molecule has 0 bridgehead atoms. The van der Waals surface area contributed by atoms with E-state index in [1.165, 1.54) is 18.7 Å². The maximum absolute atomic E-state index is 14.5. The Hall–Kier alpha value is -5.59. The highest BCUT2D eigenvalue weighted by Gasteiger charge is 2.52. The molecule has 1 aromatic heterocycles. The monoisotopic (exact) mass is 789 g/mol. The summed E-state index contributed by atoms with van der Waals surface area (Å²) >= 11 is 1.47. The van der Waals surface area contributed by atoms with Crippen LogP contribution in [0, 0.1) is 0 Å². The minimum Gasteiger partial charge on any atom is -0.389 e.